The average Bonchev–Trinajstić information content (AvgIpc) is 3.13. The van der Waals surface area contributed by atoms with Gasteiger partial charge in [-0.1, -0.05) is 47.5 Å². The molecular formula is C26H22Cl2N2O3S. The van der Waals surface area contributed by atoms with E-state index in [1.807, 2.05) is 48.5 Å². The SMILES string of the molecule is COc1ccc(CCN2C(=O)/C(=C/c3ccc(Cl)cc3)SC2=Nc2ccc(OC)c(Cl)c2)cc1. The van der Waals surface area contributed by atoms with E-state index in [0.29, 0.717) is 44.5 Å². The predicted molar refractivity (Wildman–Crippen MR) is 141 cm³/mol. The zero-order valence-corrected chi connectivity index (χ0v) is 21.0. The van der Waals surface area contributed by atoms with Gasteiger partial charge in [-0.3, -0.25) is 9.69 Å². The fourth-order valence-corrected chi connectivity index (χ4v) is 4.77. The van der Waals surface area contributed by atoms with Gasteiger partial charge in [-0.25, -0.2) is 4.99 Å². The Morgan fingerprint density at radius 2 is 1.71 bits per heavy atom. The zero-order chi connectivity index (χ0) is 24.1. The first-order valence-corrected chi connectivity index (χ1v) is 12.1. The number of carbonyl (C=O) groups excluding carboxylic acids is 1. The predicted octanol–water partition coefficient (Wildman–Crippen LogP) is 6.86. The van der Waals surface area contributed by atoms with E-state index in [2.05, 4.69) is 0 Å². The maximum Gasteiger partial charge on any atom is 0.266 e. The lowest BCUT2D eigenvalue weighted by Crippen LogP contribution is -2.31. The van der Waals surface area contributed by atoms with Gasteiger partial charge in [-0.05, 0) is 77.9 Å². The first-order chi connectivity index (χ1) is 16.5. The molecule has 0 unspecified atom stereocenters. The van der Waals surface area contributed by atoms with E-state index in [1.165, 1.54) is 11.8 Å². The number of nitrogens with zero attached hydrogens (tertiary/aromatic N) is 2. The second kappa shape index (κ2) is 11.0. The Hall–Kier alpha value is -2.93. The topological polar surface area (TPSA) is 51.1 Å². The molecule has 1 aliphatic heterocycles. The summed E-state index contributed by atoms with van der Waals surface area (Å²) >= 11 is 13.6. The molecule has 5 nitrogen and oxygen atoms in total. The van der Waals surface area contributed by atoms with Gasteiger partial charge >= 0.3 is 0 Å². The van der Waals surface area contributed by atoms with Gasteiger partial charge in [0.25, 0.3) is 5.91 Å². The van der Waals surface area contributed by atoms with Crippen molar-refractivity contribution in [2.45, 2.75) is 6.42 Å². The Bertz CT molecular complexity index is 1240. The van der Waals surface area contributed by atoms with Crippen molar-refractivity contribution in [1.82, 2.24) is 4.90 Å². The van der Waals surface area contributed by atoms with Crippen LogP contribution in [0.4, 0.5) is 5.69 Å². The number of rotatable bonds is 7. The maximum absolute atomic E-state index is 13.3. The molecule has 3 aromatic rings. The van der Waals surface area contributed by atoms with E-state index in [1.54, 1.807) is 43.4 Å². The highest BCUT2D eigenvalue weighted by atomic mass is 35.5. The van der Waals surface area contributed by atoms with Crippen LogP contribution in [0.2, 0.25) is 10.0 Å². The highest BCUT2D eigenvalue weighted by Gasteiger charge is 2.33. The molecule has 1 heterocycles. The number of aliphatic imine (C=N–C) groups is 1. The van der Waals surface area contributed by atoms with Crippen LogP contribution < -0.4 is 9.47 Å². The van der Waals surface area contributed by atoms with Gasteiger partial charge < -0.3 is 9.47 Å². The fraction of sp³-hybridized carbons (Fsp3) is 0.154. The molecule has 0 N–H and O–H groups in total. The molecule has 0 spiro atoms. The van der Waals surface area contributed by atoms with Crippen LogP contribution in [0.1, 0.15) is 11.1 Å². The van der Waals surface area contributed by atoms with Crippen LogP contribution >= 0.6 is 35.0 Å². The molecule has 4 rings (SSSR count). The van der Waals surface area contributed by atoms with Crippen LogP contribution in [0, 0.1) is 0 Å². The summed E-state index contributed by atoms with van der Waals surface area (Å²) in [6.45, 7) is 0.485. The minimum Gasteiger partial charge on any atom is -0.497 e. The van der Waals surface area contributed by atoms with E-state index < -0.39 is 0 Å². The minimum atomic E-state index is -0.0909. The molecule has 3 aromatic carbocycles. The summed E-state index contributed by atoms with van der Waals surface area (Å²) in [6, 6.07) is 20.5. The monoisotopic (exact) mass is 512 g/mol. The van der Waals surface area contributed by atoms with E-state index in [-0.39, 0.29) is 5.91 Å². The van der Waals surface area contributed by atoms with Gasteiger partial charge in [-0.2, -0.15) is 0 Å². The highest BCUT2D eigenvalue weighted by Crippen LogP contribution is 2.36. The van der Waals surface area contributed by atoms with Crippen molar-refractivity contribution in [1.29, 1.82) is 0 Å². The molecule has 1 aliphatic rings. The van der Waals surface area contributed by atoms with Gasteiger partial charge in [0.15, 0.2) is 5.17 Å². The number of amidine groups is 1. The molecule has 0 saturated carbocycles. The zero-order valence-electron chi connectivity index (χ0n) is 18.6. The molecule has 0 aliphatic carbocycles. The summed E-state index contributed by atoms with van der Waals surface area (Å²) in [5.41, 5.74) is 2.63. The number of methoxy groups -OCH3 is 2. The minimum absolute atomic E-state index is 0.0909. The lowest BCUT2D eigenvalue weighted by molar-refractivity contribution is -0.122. The second-order valence-corrected chi connectivity index (χ2v) is 9.28. The number of hydrogen-bond donors (Lipinski definition) is 0. The first-order valence-electron chi connectivity index (χ1n) is 10.5. The summed E-state index contributed by atoms with van der Waals surface area (Å²) in [5.74, 6) is 1.27. The van der Waals surface area contributed by atoms with E-state index in [0.717, 1.165) is 16.9 Å². The number of thioether (sulfide) groups is 1. The van der Waals surface area contributed by atoms with Crippen molar-refractivity contribution in [3.05, 3.63) is 92.8 Å². The Kier molecular flexibility index (Phi) is 7.83. The number of halogens is 2. The lowest BCUT2D eigenvalue weighted by atomic mass is 10.1. The van der Waals surface area contributed by atoms with Crippen LogP contribution in [-0.2, 0) is 11.2 Å². The molecule has 1 saturated heterocycles. The van der Waals surface area contributed by atoms with Crippen molar-refractivity contribution in [2.24, 2.45) is 4.99 Å². The molecular weight excluding hydrogens is 491 g/mol. The summed E-state index contributed by atoms with van der Waals surface area (Å²) in [5, 5.41) is 1.70. The average molecular weight is 513 g/mol. The third-order valence-corrected chi connectivity index (χ3v) is 6.75. The third-order valence-electron chi connectivity index (χ3n) is 5.20. The Morgan fingerprint density at radius 3 is 2.35 bits per heavy atom. The maximum atomic E-state index is 13.3. The summed E-state index contributed by atoms with van der Waals surface area (Å²) < 4.78 is 10.5. The molecule has 0 atom stereocenters. The van der Waals surface area contributed by atoms with E-state index in [9.17, 15) is 4.79 Å². The normalized spacial score (nSPS) is 15.9. The second-order valence-electron chi connectivity index (χ2n) is 7.43. The molecule has 1 fully saturated rings. The number of benzene rings is 3. The van der Waals surface area contributed by atoms with Gasteiger partial charge in [0.1, 0.15) is 11.5 Å². The van der Waals surface area contributed by atoms with Crippen molar-refractivity contribution in [3.8, 4) is 11.5 Å². The molecule has 0 bridgehead atoms. The Morgan fingerprint density at radius 1 is 0.971 bits per heavy atom. The summed E-state index contributed by atoms with van der Waals surface area (Å²) in [7, 11) is 3.20. The fourth-order valence-electron chi connectivity index (χ4n) is 3.37. The molecule has 174 valence electrons. The smallest absolute Gasteiger partial charge is 0.266 e. The van der Waals surface area contributed by atoms with Crippen molar-refractivity contribution < 1.29 is 14.3 Å². The lowest BCUT2D eigenvalue weighted by Gasteiger charge is -2.16. The van der Waals surface area contributed by atoms with Crippen molar-refractivity contribution >= 4 is 57.8 Å². The number of ether oxygens (including phenoxy) is 2. The van der Waals surface area contributed by atoms with Crippen molar-refractivity contribution in [3.63, 3.8) is 0 Å². The number of amides is 1. The van der Waals surface area contributed by atoms with Crippen LogP contribution in [0.15, 0.2) is 76.6 Å². The standard InChI is InChI=1S/C26H22Cl2N2O3S/c1-32-21-10-5-17(6-11-21)13-14-30-25(31)24(15-18-3-7-19(27)8-4-18)34-26(30)29-20-9-12-23(33-2)22(28)16-20/h3-12,15-16H,13-14H2,1-2H3/b24-15-,29-26?. The largest absolute Gasteiger partial charge is 0.497 e. The molecule has 1 amide bonds. The number of carbonyl (C=O) groups is 1. The van der Waals surface area contributed by atoms with Crippen LogP contribution in [-0.4, -0.2) is 36.7 Å². The highest BCUT2D eigenvalue weighted by molar-refractivity contribution is 8.18. The van der Waals surface area contributed by atoms with Gasteiger partial charge in [0, 0.05) is 11.6 Å². The molecule has 8 heteroatoms. The van der Waals surface area contributed by atoms with E-state index in [4.69, 9.17) is 37.7 Å². The van der Waals surface area contributed by atoms with Gasteiger partial charge in [-0.15, -0.1) is 0 Å². The Labute approximate surface area is 213 Å². The van der Waals surface area contributed by atoms with Gasteiger partial charge in [0.2, 0.25) is 0 Å². The number of hydrogen-bond acceptors (Lipinski definition) is 5. The van der Waals surface area contributed by atoms with Crippen LogP contribution in [0.3, 0.4) is 0 Å². The quantitative estimate of drug-likeness (QED) is 0.324. The Balaban J connectivity index is 1.62. The first kappa shape index (κ1) is 24.2. The molecule has 0 radical (unpaired) electrons. The summed E-state index contributed by atoms with van der Waals surface area (Å²) in [4.78, 5) is 20.4. The van der Waals surface area contributed by atoms with E-state index >= 15 is 0 Å². The molecule has 34 heavy (non-hydrogen) atoms. The third kappa shape index (κ3) is 5.76. The molecule has 0 aromatic heterocycles. The summed E-state index contributed by atoms with van der Waals surface area (Å²) in [6.07, 6.45) is 2.53. The van der Waals surface area contributed by atoms with Crippen LogP contribution in [0.25, 0.3) is 6.08 Å². The van der Waals surface area contributed by atoms with Crippen molar-refractivity contribution in [2.75, 3.05) is 20.8 Å². The van der Waals surface area contributed by atoms with Crippen LogP contribution in [0.5, 0.6) is 11.5 Å². The van der Waals surface area contributed by atoms with Gasteiger partial charge in [0.05, 0.1) is 29.8 Å².